The van der Waals surface area contributed by atoms with Gasteiger partial charge >= 0.3 is 0 Å². The molecule has 1 aliphatic rings. The highest BCUT2D eigenvalue weighted by Gasteiger charge is 2.23. The first-order valence-corrected chi connectivity index (χ1v) is 7.61. The predicted octanol–water partition coefficient (Wildman–Crippen LogP) is 1.76. The lowest BCUT2D eigenvalue weighted by Crippen LogP contribution is -2.41. The molecule has 1 saturated heterocycles. The van der Waals surface area contributed by atoms with Crippen molar-refractivity contribution in [1.82, 2.24) is 4.90 Å². The summed E-state index contributed by atoms with van der Waals surface area (Å²) < 4.78 is 1.02. The Morgan fingerprint density at radius 3 is 2.35 bits per heavy atom. The number of nitrogens with two attached hydrogens (primary N) is 1. The number of amides is 1. The highest BCUT2D eigenvalue weighted by Crippen LogP contribution is 2.17. The van der Waals surface area contributed by atoms with E-state index in [-0.39, 0.29) is 17.6 Å². The van der Waals surface area contributed by atoms with Gasteiger partial charge in [-0.25, -0.2) is 0 Å². The van der Waals surface area contributed by atoms with Crippen LogP contribution in [-0.4, -0.2) is 36.2 Å². The molecule has 2 N–H and O–H groups in total. The second kappa shape index (κ2) is 6.99. The fourth-order valence-corrected chi connectivity index (χ4v) is 2.78. The van der Waals surface area contributed by atoms with Gasteiger partial charge in [-0.3, -0.25) is 14.5 Å². The molecule has 1 heterocycles. The smallest absolute Gasteiger partial charge is 0.220 e. The van der Waals surface area contributed by atoms with Gasteiger partial charge in [0.05, 0.1) is 6.54 Å². The van der Waals surface area contributed by atoms with E-state index < -0.39 is 0 Å². The number of benzene rings is 1. The van der Waals surface area contributed by atoms with Gasteiger partial charge in [0.25, 0.3) is 0 Å². The molecule has 5 heteroatoms. The predicted molar refractivity (Wildman–Crippen MR) is 81.2 cm³/mol. The minimum atomic E-state index is -0.217. The Hall–Kier alpha value is -1.20. The van der Waals surface area contributed by atoms with Crippen LogP contribution in [0.4, 0.5) is 0 Å². The largest absolute Gasteiger partial charge is 0.369 e. The van der Waals surface area contributed by atoms with Crippen molar-refractivity contribution < 1.29 is 9.59 Å². The second-order valence-corrected chi connectivity index (χ2v) is 6.21. The van der Waals surface area contributed by atoms with E-state index in [0.717, 1.165) is 36.0 Å². The van der Waals surface area contributed by atoms with Crippen molar-refractivity contribution in [3.05, 3.63) is 34.3 Å². The molecule has 0 saturated carbocycles. The van der Waals surface area contributed by atoms with Gasteiger partial charge in [0, 0.05) is 16.8 Å². The van der Waals surface area contributed by atoms with Crippen molar-refractivity contribution in [2.75, 3.05) is 19.6 Å². The van der Waals surface area contributed by atoms with Crippen molar-refractivity contribution in [3.63, 3.8) is 0 Å². The summed E-state index contributed by atoms with van der Waals surface area (Å²) in [6.45, 7) is 2.01. The Morgan fingerprint density at radius 2 is 1.80 bits per heavy atom. The number of ketones is 1. The van der Waals surface area contributed by atoms with Crippen LogP contribution in [0, 0.1) is 5.92 Å². The van der Waals surface area contributed by atoms with Gasteiger partial charge in [-0.2, -0.15) is 0 Å². The zero-order valence-corrected chi connectivity index (χ0v) is 12.9. The van der Waals surface area contributed by atoms with Crippen molar-refractivity contribution in [1.29, 1.82) is 0 Å². The third-order valence-electron chi connectivity index (χ3n) is 3.70. The number of Topliss-reactive ketones (excluding diaryl/α,β-unsaturated/α-hetero) is 1. The lowest BCUT2D eigenvalue weighted by Gasteiger charge is -2.29. The molecule has 0 atom stereocenters. The minimum absolute atomic E-state index is 0.0205. The molecule has 0 spiro atoms. The number of carbonyl (C=O) groups excluding carboxylic acids is 2. The minimum Gasteiger partial charge on any atom is -0.369 e. The van der Waals surface area contributed by atoms with E-state index in [1.54, 1.807) is 0 Å². The number of halogens is 1. The van der Waals surface area contributed by atoms with Gasteiger partial charge < -0.3 is 5.73 Å². The molecule has 1 aliphatic heterocycles. The van der Waals surface area contributed by atoms with Crippen molar-refractivity contribution in [2.45, 2.75) is 19.3 Å². The molecule has 0 unspecified atom stereocenters. The average Bonchev–Trinajstić information content (AvgIpc) is 2.42. The van der Waals surface area contributed by atoms with E-state index in [0.29, 0.717) is 13.0 Å². The third-order valence-corrected chi connectivity index (χ3v) is 4.23. The Kier molecular flexibility index (Phi) is 5.31. The van der Waals surface area contributed by atoms with Crippen LogP contribution >= 0.6 is 15.9 Å². The van der Waals surface area contributed by atoms with Gasteiger partial charge in [-0.05, 0) is 43.6 Å². The summed E-state index contributed by atoms with van der Waals surface area (Å²) in [4.78, 5) is 25.2. The number of carbonyl (C=O) groups is 2. The molecule has 1 amide bonds. The highest BCUT2D eigenvalue weighted by molar-refractivity contribution is 9.10. The maximum Gasteiger partial charge on any atom is 0.220 e. The lowest BCUT2D eigenvalue weighted by molar-refractivity contribution is -0.123. The third kappa shape index (κ3) is 4.42. The summed E-state index contributed by atoms with van der Waals surface area (Å²) in [6.07, 6.45) is 1.99. The van der Waals surface area contributed by atoms with E-state index in [1.165, 1.54) is 0 Å². The fraction of sp³-hybridized carbons (Fsp3) is 0.467. The van der Waals surface area contributed by atoms with Gasteiger partial charge in [0.15, 0.2) is 5.78 Å². The number of likely N-dealkylation sites (tertiary alicyclic amines) is 1. The molecule has 1 aromatic carbocycles. The molecule has 1 fully saturated rings. The Balaban J connectivity index is 1.78. The van der Waals surface area contributed by atoms with Gasteiger partial charge in [0.2, 0.25) is 5.91 Å². The highest BCUT2D eigenvalue weighted by atomic mass is 79.9. The number of rotatable bonds is 5. The van der Waals surface area contributed by atoms with Crippen molar-refractivity contribution >= 4 is 27.6 Å². The van der Waals surface area contributed by atoms with E-state index in [9.17, 15) is 9.59 Å². The molecule has 4 nitrogen and oxygen atoms in total. The zero-order chi connectivity index (χ0) is 14.5. The molecular formula is C15H19BrN2O2. The fourth-order valence-electron chi connectivity index (χ4n) is 2.51. The summed E-state index contributed by atoms with van der Waals surface area (Å²) in [5.74, 6) is -0.0245. The zero-order valence-electron chi connectivity index (χ0n) is 11.3. The van der Waals surface area contributed by atoms with Crippen LogP contribution in [0.2, 0.25) is 0 Å². The average molecular weight is 339 g/mol. The maximum atomic E-state index is 12.0. The molecule has 0 radical (unpaired) electrons. The number of primary amides is 1. The quantitative estimate of drug-likeness (QED) is 0.889. The standard InChI is InChI=1S/C15H19BrN2O2/c16-13-3-1-11(2-4-13)9-14(19)10-18-7-5-12(6-8-18)15(17)20/h1-4,12H,5-10H2,(H2,17,20). The van der Waals surface area contributed by atoms with Gasteiger partial charge in [-0.1, -0.05) is 28.1 Å². The molecular weight excluding hydrogens is 320 g/mol. The summed E-state index contributed by atoms with van der Waals surface area (Å²) in [5, 5.41) is 0. The molecule has 108 valence electrons. The molecule has 0 bridgehead atoms. The Labute approximate surface area is 127 Å². The van der Waals surface area contributed by atoms with Crippen LogP contribution in [0.5, 0.6) is 0 Å². The first-order chi connectivity index (χ1) is 9.54. The molecule has 1 aromatic rings. The van der Waals surface area contributed by atoms with E-state index in [2.05, 4.69) is 20.8 Å². The number of piperidine rings is 1. The number of hydrogen-bond acceptors (Lipinski definition) is 3. The number of nitrogens with zero attached hydrogens (tertiary/aromatic N) is 1. The summed E-state index contributed by atoms with van der Waals surface area (Å²) in [7, 11) is 0. The van der Waals surface area contributed by atoms with Crippen LogP contribution in [0.15, 0.2) is 28.7 Å². The molecule has 0 aliphatic carbocycles. The number of hydrogen-bond donors (Lipinski definition) is 1. The topological polar surface area (TPSA) is 63.4 Å². The van der Waals surface area contributed by atoms with Crippen LogP contribution < -0.4 is 5.73 Å². The van der Waals surface area contributed by atoms with E-state index in [4.69, 9.17) is 5.73 Å². The Bertz CT molecular complexity index is 479. The SMILES string of the molecule is NC(=O)C1CCN(CC(=O)Cc2ccc(Br)cc2)CC1. The van der Waals surface area contributed by atoms with Crippen LogP contribution in [0.1, 0.15) is 18.4 Å². The van der Waals surface area contributed by atoms with Crippen LogP contribution in [-0.2, 0) is 16.0 Å². The second-order valence-electron chi connectivity index (χ2n) is 5.29. The van der Waals surface area contributed by atoms with Crippen molar-refractivity contribution in [2.24, 2.45) is 11.7 Å². The Morgan fingerprint density at radius 1 is 1.20 bits per heavy atom. The normalized spacial score (nSPS) is 17.1. The van der Waals surface area contributed by atoms with E-state index >= 15 is 0 Å². The summed E-state index contributed by atoms with van der Waals surface area (Å²) >= 11 is 3.38. The molecule has 0 aromatic heterocycles. The molecule has 20 heavy (non-hydrogen) atoms. The summed E-state index contributed by atoms with van der Waals surface area (Å²) in [6, 6.07) is 7.81. The lowest BCUT2D eigenvalue weighted by atomic mass is 9.96. The summed E-state index contributed by atoms with van der Waals surface area (Å²) in [5.41, 5.74) is 6.33. The van der Waals surface area contributed by atoms with Crippen LogP contribution in [0.3, 0.4) is 0 Å². The first-order valence-electron chi connectivity index (χ1n) is 6.82. The maximum absolute atomic E-state index is 12.0. The van der Waals surface area contributed by atoms with Crippen molar-refractivity contribution in [3.8, 4) is 0 Å². The van der Waals surface area contributed by atoms with Crippen LogP contribution in [0.25, 0.3) is 0 Å². The van der Waals surface area contributed by atoms with Gasteiger partial charge in [-0.15, -0.1) is 0 Å². The first kappa shape index (κ1) is 15.2. The molecule has 2 rings (SSSR count). The van der Waals surface area contributed by atoms with E-state index in [1.807, 2.05) is 24.3 Å². The monoisotopic (exact) mass is 338 g/mol. The van der Waals surface area contributed by atoms with Gasteiger partial charge in [0.1, 0.15) is 0 Å².